The van der Waals surface area contributed by atoms with Crippen LogP contribution in [0.1, 0.15) is 24.2 Å². The summed E-state index contributed by atoms with van der Waals surface area (Å²) in [7, 11) is 0. The zero-order valence-corrected chi connectivity index (χ0v) is 7.90. The van der Waals surface area contributed by atoms with Crippen molar-refractivity contribution < 1.29 is 9.90 Å². The third-order valence-corrected chi connectivity index (χ3v) is 1.77. The van der Waals surface area contributed by atoms with E-state index >= 15 is 0 Å². The third kappa shape index (κ3) is 2.39. The van der Waals surface area contributed by atoms with Crippen molar-refractivity contribution in [3.8, 4) is 0 Å². The van der Waals surface area contributed by atoms with Crippen LogP contribution in [0.5, 0.6) is 0 Å². The Labute approximate surface area is 77.2 Å². The summed E-state index contributed by atoms with van der Waals surface area (Å²) in [5.41, 5.74) is 0.614. The summed E-state index contributed by atoms with van der Waals surface area (Å²) in [5, 5.41) is 12.6. The first-order valence-corrected chi connectivity index (χ1v) is 4.32. The molecule has 0 amide bonds. The van der Waals surface area contributed by atoms with Crippen LogP contribution in [-0.2, 0) is 6.54 Å². The number of hydrogen-bond donors (Lipinski definition) is 1. The Morgan fingerprint density at radius 1 is 1.69 bits per heavy atom. The minimum absolute atomic E-state index is 0.00761. The molecule has 0 bridgehead atoms. The molecule has 0 saturated carbocycles. The molecule has 0 aromatic carbocycles. The Bertz CT molecular complexity index is 292. The second-order valence-corrected chi connectivity index (χ2v) is 3.23. The molecule has 13 heavy (non-hydrogen) atoms. The number of nitrogens with zero attached hydrogens (tertiary/aromatic N) is 2. The van der Waals surface area contributed by atoms with Crippen LogP contribution in [0.25, 0.3) is 0 Å². The lowest BCUT2D eigenvalue weighted by Gasteiger charge is -1.99. The SMILES string of the molecule is CC(C)C(=O)c1cnn(CCO)c1. The van der Waals surface area contributed by atoms with E-state index in [-0.39, 0.29) is 18.3 Å². The van der Waals surface area contributed by atoms with Gasteiger partial charge in [0.2, 0.25) is 0 Å². The fraction of sp³-hybridized carbons (Fsp3) is 0.556. The average molecular weight is 182 g/mol. The van der Waals surface area contributed by atoms with Gasteiger partial charge in [-0.1, -0.05) is 13.8 Å². The van der Waals surface area contributed by atoms with Gasteiger partial charge in [-0.15, -0.1) is 0 Å². The first kappa shape index (κ1) is 9.92. The van der Waals surface area contributed by atoms with E-state index in [9.17, 15) is 4.79 Å². The van der Waals surface area contributed by atoms with Crippen molar-refractivity contribution in [3.63, 3.8) is 0 Å². The molecular weight excluding hydrogens is 168 g/mol. The van der Waals surface area contributed by atoms with Crippen LogP contribution < -0.4 is 0 Å². The molecule has 0 aliphatic carbocycles. The van der Waals surface area contributed by atoms with E-state index in [1.54, 1.807) is 10.9 Å². The molecule has 4 heteroatoms. The van der Waals surface area contributed by atoms with Gasteiger partial charge in [0.1, 0.15) is 0 Å². The van der Waals surface area contributed by atoms with Crippen molar-refractivity contribution in [3.05, 3.63) is 18.0 Å². The predicted molar refractivity (Wildman–Crippen MR) is 48.5 cm³/mol. The standard InChI is InChI=1S/C9H14N2O2/c1-7(2)9(13)8-5-10-11(6-8)3-4-12/h5-7,12H,3-4H2,1-2H3. The molecule has 1 rings (SSSR count). The summed E-state index contributed by atoms with van der Waals surface area (Å²) < 4.78 is 1.57. The molecule has 1 N–H and O–H groups in total. The van der Waals surface area contributed by atoms with E-state index in [4.69, 9.17) is 5.11 Å². The first-order valence-electron chi connectivity index (χ1n) is 4.32. The van der Waals surface area contributed by atoms with Gasteiger partial charge < -0.3 is 5.11 Å². The number of rotatable bonds is 4. The fourth-order valence-corrected chi connectivity index (χ4v) is 1.05. The summed E-state index contributed by atoms with van der Waals surface area (Å²) in [4.78, 5) is 11.4. The zero-order valence-electron chi connectivity index (χ0n) is 7.90. The fourth-order valence-electron chi connectivity index (χ4n) is 1.05. The number of hydrogen-bond acceptors (Lipinski definition) is 3. The maximum atomic E-state index is 11.4. The van der Waals surface area contributed by atoms with Gasteiger partial charge in [-0.25, -0.2) is 0 Å². The molecule has 0 aliphatic heterocycles. The van der Waals surface area contributed by atoms with Crippen LogP contribution in [0, 0.1) is 5.92 Å². The minimum atomic E-state index is -0.00761. The maximum absolute atomic E-state index is 11.4. The number of aliphatic hydroxyl groups excluding tert-OH is 1. The lowest BCUT2D eigenvalue weighted by atomic mass is 10.1. The van der Waals surface area contributed by atoms with Crippen LogP contribution in [0.15, 0.2) is 12.4 Å². The van der Waals surface area contributed by atoms with Crippen molar-refractivity contribution in [2.75, 3.05) is 6.61 Å². The van der Waals surface area contributed by atoms with Crippen LogP contribution in [0.3, 0.4) is 0 Å². The van der Waals surface area contributed by atoms with E-state index in [1.165, 1.54) is 6.20 Å². The number of aliphatic hydroxyl groups is 1. The number of Topliss-reactive ketones (excluding diaryl/α,β-unsaturated/α-hetero) is 1. The Morgan fingerprint density at radius 3 is 2.92 bits per heavy atom. The van der Waals surface area contributed by atoms with E-state index < -0.39 is 0 Å². The van der Waals surface area contributed by atoms with Crippen LogP contribution in [0.2, 0.25) is 0 Å². The highest BCUT2D eigenvalue weighted by Gasteiger charge is 2.11. The normalized spacial score (nSPS) is 10.8. The molecule has 72 valence electrons. The molecule has 0 aliphatic rings. The molecule has 4 nitrogen and oxygen atoms in total. The third-order valence-electron chi connectivity index (χ3n) is 1.77. The first-order chi connectivity index (χ1) is 6.15. The molecule has 0 fully saturated rings. The smallest absolute Gasteiger partial charge is 0.168 e. The number of carbonyl (C=O) groups excluding carboxylic acids is 1. The van der Waals surface area contributed by atoms with Crippen LogP contribution in [-0.4, -0.2) is 27.3 Å². The van der Waals surface area contributed by atoms with Crippen molar-refractivity contribution in [2.24, 2.45) is 5.92 Å². The lowest BCUT2D eigenvalue weighted by molar-refractivity contribution is 0.0939. The van der Waals surface area contributed by atoms with E-state index in [0.717, 1.165) is 0 Å². The van der Waals surface area contributed by atoms with Gasteiger partial charge in [0, 0.05) is 12.1 Å². The Morgan fingerprint density at radius 2 is 2.38 bits per heavy atom. The van der Waals surface area contributed by atoms with Crippen LogP contribution in [0.4, 0.5) is 0 Å². The molecule has 1 aromatic rings. The number of aromatic nitrogens is 2. The van der Waals surface area contributed by atoms with Crippen molar-refractivity contribution in [2.45, 2.75) is 20.4 Å². The van der Waals surface area contributed by atoms with Gasteiger partial charge in [-0.3, -0.25) is 9.48 Å². The Kier molecular flexibility index (Phi) is 3.19. The second kappa shape index (κ2) is 4.18. The quantitative estimate of drug-likeness (QED) is 0.698. The van der Waals surface area contributed by atoms with Crippen molar-refractivity contribution >= 4 is 5.78 Å². The molecule has 0 saturated heterocycles. The van der Waals surface area contributed by atoms with Crippen LogP contribution >= 0.6 is 0 Å². The summed E-state index contributed by atoms with van der Waals surface area (Å²) in [5.74, 6) is 0.0796. The second-order valence-electron chi connectivity index (χ2n) is 3.23. The highest BCUT2D eigenvalue weighted by Crippen LogP contribution is 2.06. The molecule has 0 unspecified atom stereocenters. The summed E-state index contributed by atoms with van der Waals surface area (Å²) in [6.45, 7) is 4.18. The van der Waals surface area contributed by atoms with Gasteiger partial charge in [0.15, 0.2) is 5.78 Å². The molecule has 0 atom stereocenters. The minimum Gasteiger partial charge on any atom is -0.394 e. The summed E-state index contributed by atoms with van der Waals surface area (Å²) in [6.07, 6.45) is 3.20. The highest BCUT2D eigenvalue weighted by molar-refractivity contribution is 5.96. The molecule has 0 spiro atoms. The monoisotopic (exact) mass is 182 g/mol. The largest absolute Gasteiger partial charge is 0.394 e. The summed E-state index contributed by atoms with van der Waals surface area (Å²) in [6, 6.07) is 0. The van der Waals surface area contributed by atoms with Gasteiger partial charge >= 0.3 is 0 Å². The maximum Gasteiger partial charge on any atom is 0.168 e. The molecule has 1 aromatic heterocycles. The van der Waals surface area contributed by atoms with E-state index in [0.29, 0.717) is 12.1 Å². The lowest BCUT2D eigenvalue weighted by Crippen LogP contribution is -2.06. The average Bonchev–Trinajstić information content (AvgIpc) is 2.52. The van der Waals surface area contributed by atoms with Gasteiger partial charge in [-0.2, -0.15) is 5.10 Å². The van der Waals surface area contributed by atoms with E-state index in [1.807, 2.05) is 13.8 Å². The van der Waals surface area contributed by atoms with Crippen molar-refractivity contribution in [1.29, 1.82) is 0 Å². The number of ketones is 1. The highest BCUT2D eigenvalue weighted by atomic mass is 16.3. The van der Waals surface area contributed by atoms with Gasteiger partial charge in [-0.05, 0) is 0 Å². The number of carbonyl (C=O) groups is 1. The Hall–Kier alpha value is -1.16. The predicted octanol–water partition coefficient (Wildman–Crippen LogP) is 0.714. The Balaban J connectivity index is 2.73. The molecular formula is C9H14N2O2. The zero-order chi connectivity index (χ0) is 9.84. The van der Waals surface area contributed by atoms with Gasteiger partial charge in [0.25, 0.3) is 0 Å². The van der Waals surface area contributed by atoms with Gasteiger partial charge in [0.05, 0.1) is 24.9 Å². The topological polar surface area (TPSA) is 55.1 Å². The summed E-state index contributed by atoms with van der Waals surface area (Å²) >= 11 is 0. The van der Waals surface area contributed by atoms with Crippen molar-refractivity contribution in [1.82, 2.24) is 9.78 Å². The van der Waals surface area contributed by atoms with E-state index in [2.05, 4.69) is 5.10 Å². The molecule has 0 radical (unpaired) electrons. The molecule has 1 heterocycles.